The summed E-state index contributed by atoms with van der Waals surface area (Å²) in [6.07, 6.45) is 12.5. The van der Waals surface area contributed by atoms with E-state index in [2.05, 4.69) is 19.9 Å². The molecule has 176 valence electrons. The van der Waals surface area contributed by atoms with Crippen molar-refractivity contribution in [2.45, 2.75) is 75.3 Å². The number of nitrogens with zero attached hydrogens (tertiary/aromatic N) is 1. The van der Waals surface area contributed by atoms with Crippen molar-refractivity contribution in [1.82, 2.24) is 9.29 Å². The highest BCUT2D eigenvalue weighted by atomic mass is 32.2. The van der Waals surface area contributed by atoms with Crippen LogP contribution in [0.4, 0.5) is 11.4 Å². The molecule has 2 fully saturated rings. The summed E-state index contributed by atoms with van der Waals surface area (Å²) in [4.78, 5) is 16.2. The lowest BCUT2D eigenvalue weighted by atomic mass is 9.95. The molecule has 1 aromatic carbocycles. The van der Waals surface area contributed by atoms with Gasteiger partial charge in [-0.2, -0.15) is 0 Å². The van der Waals surface area contributed by atoms with Crippen molar-refractivity contribution in [3.63, 3.8) is 0 Å². The van der Waals surface area contributed by atoms with E-state index < -0.39 is 11.4 Å². The van der Waals surface area contributed by atoms with Gasteiger partial charge in [0, 0.05) is 30.0 Å². The Bertz CT molecular complexity index is 1060. The highest BCUT2D eigenvalue weighted by molar-refractivity contribution is 7.89. The van der Waals surface area contributed by atoms with Crippen molar-refractivity contribution < 1.29 is 4.55 Å². The van der Waals surface area contributed by atoms with Crippen LogP contribution in [0.1, 0.15) is 68.9 Å². The first-order valence-corrected chi connectivity index (χ1v) is 13.3. The van der Waals surface area contributed by atoms with Crippen LogP contribution in [0.15, 0.2) is 40.2 Å². The zero-order valence-corrected chi connectivity index (χ0v) is 19.8. The number of H-pyrrole nitrogens is 1. The van der Waals surface area contributed by atoms with Crippen LogP contribution in [-0.2, 0) is 17.9 Å². The van der Waals surface area contributed by atoms with Gasteiger partial charge < -0.3 is 20.2 Å². The number of aromatic amines is 1. The number of hydrogen-bond donors (Lipinski definition) is 4. The third kappa shape index (κ3) is 4.98. The number of fused-ring (bicyclic) bond motifs is 1. The average molecular weight is 468 g/mol. The lowest BCUT2D eigenvalue weighted by molar-refractivity contribution is 0.351. The fourth-order valence-corrected chi connectivity index (χ4v) is 6.89. The molecule has 2 heterocycles. The second kappa shape index (κ2) is 9.91. The van der Waals surface area contributed by atoms with Crippen molar-refractivity contribution in [2.75, 3.05) is 17.2 Å². The Morgan fingerprint density at radius 2 is 1.88 bits per heavy atom. The van der Waals surface area contributed by atoms with Crippen molar-refractivity contribution in [2.24, 2.45) is 5.92 Å². The zero-order chi connectivity index (χ0) is 22.8. The van der Waals surface area contributed by atoms with Crippen molar-refractivity contribution in [3.05, 3.63) is 51.9 Å². The molecule has 1 aromatic heterocycles. The molecule has 4 N–H and O–H groups in total. The van der Waals surface area contributed by atoms with Gasteiger partial charge in [-0.1, -0.05) is 32.1 Å². The molecule has 2 saturated carbocycles. The molecule has 0 bridgehead atoms. The number of aromatic nitrogens is 1. The van der Waals surface area contributed by atoms with E-state index in [1.807, 2.05) is 24.3 Å². The molecular weight excluding hydrogens is 434 g/mol. The Morgan fingerprint density at radius 3 is 2.67 bits per heavy atom. The summed E-state index contributed by atoms with van der Waals surface area (Å²) in [5.41, 5.74) is 2.53. The largest absolute Gasteiger partial charge is 0.593 e. The molecule has 2 aliphatic carbocycles. The van der Waals surface area contributed by atoms with Gasteiger partial charge in [-0.05, 0) is 55.9 Å². The highest BCUT2D eigenvalue weighted by Gasteiger charge is 2.36. The number of rotatable bonds is 6. The minimum Gasteiger partial charge on any atom is -0.593 e. The SMILES string of the molecule is N=C(Nc1ccc2c(c1)CN(CC1CCCC1)[S+]2[O-])c1c(NC2CCCCC2)cc[nH]c1=O. The number of pyridine rings is 1. The van der Waals surface area contributed by atoms with E-state index in [0.29, 0.717) is 29.8 Å². The third-order valence-electron chi connectivity index (χ3n) is 7.21. The summed E-state index contributed by atoms with van der Waals surface area (Å²) in [6, 6.07) is 7.91. The van der Waals surface area contributed by atoms with Crippen LogP contribution in [0.2, 0.25) is 0 Å². The second-order valence-corrected chi connectivity index (χ2v) is 11.1. The molecule has 33 heavy (non-hydrogen) atoms. The Balaban J connectivity index is 1.30. The molecule has 0 amide bonds. The molecular formula is C25H33N5O2S. The maximum Gasteiger partial charge on any atom is 0.261 e. The van der Waals surface area contributed by atoms with Gasteiger partial charge in [-0.3, -0.25) is 10.2 Å². The van der Waals surface area contributed by atoms with Gasteiger partial charge in [0.05, 0.1) is 23.6 Å². The fraction of sp³-hybridized carbons (Fsp3) is 0.520. The van der Waals surface area contributed by atoms with E-state index in [4.69, 9.17) is 5.41 Å². The predicted octanol–water partition coefficient (Wildman–Crippen LogP) is 4.59. The predicted molar refractivity (Wildman–Crippen MR) is 133 cm³/mol. The van der Waals surface area contributed by atoms with Gasteiger partial charge in [-0.25, -0.2) is 0 Å². The van der Waals surface area contributed by atoms with Gasteiger partial charge in [0.15, 0.2) is 4.90 Å². The van der Waals surface area contributed by atoms with Gasteiger partial charge in [-0.15, -0.1) is 4.31 Å². The summed E-state index contributed by atoms with van der Waals surface area (Å²) in [7, 11) is 0. The Labute approximate surface area is 198 Å². The monoisotopic (exact) mass is 467 g/mol. The van der Waals surface area contributed by atoms with E-state index in [1.165, 1.54) is 44.9 Å². The Morgan fingerprint density at radius 1 is 1.12 bits per heavy atom. The lowest BCUT2D eigenvalue weighted by Crippen LogP contribution is -2.29. The number of nitrogens with one attached hydrogen (secondary N) is 4. The minimum atomic E-state index is -1.11. The second-order valence-electron chi connectivity index (χ2n) is 9.62. The minimum absolute atomic E-state index is 0.0667. The first kappa shape index (κ1) is 22.5. The van der Waals surface area contributed by atoms with Crippen LogP contribution in [-0.4, -0.2) is 32.3 Å². The first-order chi connectivity index (χ1) is 16.1. The maximum absolute atomic E-state index is 12.9. The molecule has 0 saturated heterocycles. The average Bonchev–Trinajstić information content (AvgIpc) is 3.42. The molecule has 5 rings (SSSR count). The third-order valence-corrected chi connectivity index (χ3v) is 8.73. The summed E-state index contributed by atoms with van der Waals surface area (Å²) in [5.74, 6) is 0.714. The van der Waals surface area contributed by atoms with E-state index in [9.17, 15) is 9.35 Å². The van der Waals surface area contributed by atoms with Crippen LogP contribution in [0, 0.1) is 11.3 Å². The first-order valence-electron chi connectivity index (χ1n) is 12.2. The molecule has 2 aromatic rings. The summed E-state index contributed by atoms with van der Waals surface area (Å²) in [6.45, 7) is 1.55. The summed E-state index contributed by atoms with van der Waals surface area (Å²) >= 11 is -1.11. The molecule has 1 aliphatic heterocycles. The van der Waals surface area contributed by atoms with Gasteiger partial charge in [0.1, 0.15) is 11.4 Å². The molecule has 7 nitrogen and oxygen atoms in total. The quantitative estimate of drug-likeness (QED) is 0.282. The molecule has 0 spiro atoms. The number of anilines is 2. The van der Waals surface area contributed by atoms with Crippen molar-refractivity contribution in [1.29, 1.82) is 5.41 Å². The van der Waals surface area contributed by atoms with E-state index in [-0.39, 0.29) is 11.4 Å². The van der Waals surface area contributed by atoms with Gasteiger partial charge in [0.25, 0.3) is 5.56 Å². The Kier molecular flexibility index (Phi) is 6.76. The highest BCUT2D eigenvalue weighted by Crippen LogP contribution is 2.35. The Hall–Kier alpha value is -2.29. The molecule has 1 unspecified atom stereocenters. The van der Waals surface area contributed by atoms with Crippen LogP contribution in [0.3, 0.4) is 0 Å². The normalized spacial score (nSPS) is 21.8. The summed E-state index contributed by atoms with van der Waals surface area (Å²) in [5, 5.41) is 15.3. The van der Waals surface area contributed by atoms with Crippen LogP contribution < -0.4 is 16.2 Å². The summed E-state index contributed by atoms with van der Waals surface area (Å²) < 4.78 is 15.0. The number of amidine groups is 1. The van der Waals surface area contributed by atoms with E-state index in [1.54, 1.807) is 6.20 Å². The van der Waals surface area contributed by atoms with E-state index in [0.717, 1.165) is 35.5 Å². The van der Waals surface area contributed by atoms with Crippen LogP contribution >= 0.6 is 0 Å². The topological polar surface area (TPSA) is 107 Å². The van der Waals surface area contributed by atoms with Crippen molar-refractivity contribution in [3.8, 4) is 0 Å². The molecule has 1 atom stereocenters. The van der Waals surface area contributed by atoms with E-state index >= 15 is 0 Å². The van der Waals surface area contributed by atoms with Crippen LogP contribution in [0.25, 0.3) is 0 Å². The van der Waals surface area contributed by atoms with Gasteiger partial charge in [0.2, 0.25) is 0 Å². The smallest absolute Gasteiger partial charge is 0.261 e. The van der Waals surface area contributed by atoms with Crippen LogP contribution in [0.5, 0.6) is 0 Å². The number of benzene rings is 1. The molecule has 8 heteroatoms. The van der Waals surface area contributed by atoms with Crippen molar-refractivity contribution >= 4 is 28.6 Å². The molecule has 3 aliphatic rings. The lowest BCUT2D eigenvalue weighted by Gasteiger charge is -2.25. The zero-order valence-electron chi connectivity index (χ0n) is 19.0. The standard InChI is InChI=1S/C25H33N5O2S/c26-24(23-21(12-13-27-25(23)31)28-19-8-2-1-3-9-19)29-20-10-11-22-18(14-20)16-30(33(22)32)15-17-6-4-5-7-17/h10-14,17,19H,1-9,15-16H2,(H2,26,29)(H2,27,28,31). The number of hydrogen-bond acceptors (Lipinski definition) is 5. The molecule has 0 radical (unpaired) electrons. The fourth-order valence-electron chi connectivity index (χ4n) is 5.47. The maximum atomic E-state index is 12.9. The van der Waals surface area contributed by atoms with Gasteiger partial charge >= 0.3 is 0 Å².